The highest BCUT2D eigenvalue weighted by Gasteiger charge is 1.65. The SMILES string of the molecule is CC(=O)O.CCO.[MgH2].[MgH2]. The third kappa shape index (κ3) is 469. The van der Waals surface area contributed by atoms with E-state index in [4.69, 9.17) is 15.0 Å². The summed E-state index contributed by atoms with van der Waals surface area (Å²) in [5.41, 5.74) is 0. The molecule has 2 N–H and O–H groups in total. The van der Waals surface area contributed by atoms with Crippen molar-refractivity contribution in [2.45, 2.75) is 13.8 Å². The number of aliphatic hydroxyl groups excluding tert-OH is 1. The molecule has 0 bridgehead atoms. The Bertz CT molecular complexity index is 45.1. The number of hydrogen-bond donors (Lipinski definition) is 2. The third-order valence-electron chi connectivity index (χ3n) is 0. The van der Waals surface area contributed by atoms with Crippen molar-refractivity contribution in [3.63, 3.8) is 0 Å². The zero-order valence-electron chi connectivity index (χ0n) is 4.51. The molecule has 52 valence electrons. The summed E-state index contributed by atoms with van der Waals surface area (Å²) in [5, 5.41) is 15.0. The molecule has 0 saturated heterocycles. The van der Waals surface area contributed by atoms with Crippen LogP contribution in [-0.2, 0) is 4.79 Å². The Morgan fingerprint density at radius 2 is 1.44 bits per heavy atom. The standard InChI is InChI=1S/C2H4O2.C2H6O.2Mg.4H/c1-2(3)4;1-2-3;;;;;;/h1H3,(H,3,4);3H,2H2,1H3;;;;;;. The molecule has 0 fully saturated rings. The van der Waals surface area contributed by atoms with Gasteiger partial charge in [-0.05, 0) is 6.92 Å². The van der Waals surface area contributed by atoms with Gasteiger partial charge in [0.25, 0.3) is 5.97 Å². The van der Waals surface area contributed by atoms with Gasteiger partial charge in [-0.25, -0.2) is 0 Å². The fourth-order valence-corrected chi connectivity index (χ4v) is 0. The first-order valence-corrected chi connectivity index (χ1v) is 1.95. The second-order valence-corrected chi connectivity index (χ2v) is 0.835. The molecular formula is C4H14Mg2O3. The minimum atomic E-state index is -0.833. The highest BCUT2D eigenvalue weighted by Crippen LogP contribution is 1.42. The molecule has 0 rings (SSSR count). The summed E-state index contributed by atoms with van der Waals surface area (Å²) in [7, 11) is 0. The van der Waals surface area contributed by atoms with Gasteiger partial charge in [0, 0.05) is 13.5 Å². The van der Waals surface area contributed by atoms with Crippen LogP contribution in [0.5, 0.6) is 0 Å². The maximum atomic E-state index is 9.00. The molecular weight excluding hydrogens is 145 g/mol. The molecule has 0 aliphatic carbocycles. The molecule has 0 aromatic carbocycles. The number of aliphatic carboxylic acids is 1. The lowest BCUT2D eigenvalue weighted by Gasteiger charge is -1.59. The van der Waals surface area contributed by atoms with E-state index in [0.29, 0.717) is 0 Å². The van der Waals surface area contributed by atoms with E-state index in [1.54, 1.807) is 6.92 Å². The average molecular weight is 159 g/mol. The molecule has 3 nitrogen and oxygen atoms in total. The van der Waals surface area contributed by atoms with Crippen molar-refractivity contribution in [2.24, 2.45) is 0 Å². The lowest BCUT2D eigenvalue weighted by Crippen LogP contribution is -1.78. The molecule has 0 aliphatic rings. The zero-order valence-corrected chi connectivity index (χ0v) is 4.51. The Kier molecular flexibility index (Phi) is 57.7. The van der Waals surface area contributed by atoms with Gasteiger partial charge in [0.1, 0.15) is 0 Å². The molecule has 0 aromatic rings. The Morgan fingerprint density at radius 3 is 1.44 bits per heavy atom. The Labute approximate surface area is 87.1 Å². The quantitative estimate of drug-likeness (QED) is 0.412. The second-order valence-electron chi connectivity index (χ2n) is 0.835. The van der Waals surface area contributed by atoms with Gasteiger partial charge in [0.2, 0.25) is 0 Å². The van der Waals surface area contributed by atoms with E-state index in [-0.39, 0.29) is 52.7 Å². The van der Waals surface area contributed by atoms with Gasteiger partial charge in [-0.15, -0.1) is 0 Å². The molecule has 0 spiro atoms. The fraction of sp³-hybridized carbons (Fsp3) is 0.750. The van der Waals surface area contributed by atoms with E-state index in [1.807, 2.05) is 0 Å². The molecule has 5 heteroatoms. The van der Waals surface area contributed by atoms with Crippen molar-refractivity contribution in [3.8, 4) is 0 Å². The highest BCUT2D eigenvalue weighted by atomic mass is 24.3. The monoisotopic (exact) mass is 158 g/mol. The lowest BCUT2D eigenvalue weighted by atomic mass is 10.9. The Balaban J connectivity index is -0.0000000233. The lowest BCUT2D eigenvalue weighted by molar-refractivity contribution is -0.134. The molecule has 0 amide bonds. The third-order valence-corrected chi connectivity index (χ3v) is 0. The molecule has 0 aliphatic heterocycles. The van der Waals surface area contributed by atoms with Gasteiger partial charge in [0.05, 0.1) is 0 Å². The first-order valence-electron chi connectivity index (χ1n) is 1.95. The van der Waals surface area contributed by atoms with Crippen LogP contribution in [-0.4, -0.2) is 68.9 Å². The van der Waals surface area contributed by atoms with Gasteiger partial charge in [-0.1, -0.05) is 0 Å². The molecule has 0 heterocycles. The van der Waals surface area contributed by atoms with E-state index in [9.17, 15) is 0 Å². The van der Waals surface area contributed by atoms with Crippen molar-refractivity contribution < 1.29 is 15.0 Å². The summed E-state index contributed by atoms with van der Waals surface area (Å²) in [6.07, 6.45) is 0. The van der Waals surface area contributed by atoms with E-state index in [0.717, 1.165) is 6.92 Å². The summed E-state index contributed by atoms with van der Waals surface area (Å²) in [5.74, 6) is -0.833. The largest absolute Gasteiger partial charge is 0.481 e. The number of carbonyl (C=O) groups is 1. The van der Waals surface area contributed by atoms with Crippen molar-refractivity contribution in [2.75, 3.05) is 6.61 Å². The molecule has 0 radical (unpaired) electrons. The normalized spacial score (nSPS) is 4.78. The number of hydrogen-bond acceptors (Lipinski definition) is 2. The van der Waals surface area contributed by atoms with Crippen molar-refractivity contribution in [1.29, 1.82) is 0 Å². The first-order chi connectivity index (χ1) is 3.15. The Hall–Kier alpha value is 0.962. The van der Waals surface area contributed by atoms with Gasteiger partial charge >= 0.3 is 46.1 Å². The first kappa shape index (κ1) is 22.5. The molecule has 0 atom stereocenters. The van der Waals surface area contributed by atoms with Gasteiger partial charge in [-0.2, -0.15) is 0 Å². The number of rotatable bonds is 0. The fourth-order valence-electron chi connectivity index (χ4n) is 0. The van der Waals surface area contributed by atoms with Gasteiger partial charge in [0.15, 0.2) is 0 Å². The zero-order chi connectivity index (χ0) is 6.28. The van der Waals surface area contributed by atoms with Crippen LogP contribution in [0.4, 0.5) is 0 Å². The Morgan fingerprint density at radius 1 is 1.44 bits per heavy atom. The van der Waals surface area contributed by atoms with Crippen molar-refractivity contribution >= 4 is 52.1 Å². The maximum Gasteiger partial charge on any atom is 0.316 e. The summed E-state index contributed by atoms with van der Waals surface area (Å²) in [6, 6.07) is 0. The van der Waals surface area contributed by atoms with Crippen LogP contribution in [0.1, 0.15) is 13.8 Å². The number of carboxylic acids is 1. The van der Waals surface area contributed by atoms with Crippen molar-refractivity contribution in [1.82, 2.24) is 0 Å². The summed E-state index contributed by atoms with van der Waals surface area (Å²) >= 11 is 0. The topological polar surface area (TPSA) is 57.5 Å². The predicted molar refractivity (Wildman–Crippen MR) is 43.2 cm³/mol. The molecule has 0 saturated carbocycles. The summed E-state index contributed by atoms with van der Waals surface area (Å²) < 4.78 is 0. The minimum absolute atomic E-state index is 0. The second kappa shape index (κ2) is 23.1. The van der Waals surface area contributed by atoms with Crippen LogP contribution >= 0.6 is 0 Å². The smallest absolute Gasteiger partial charge is 0.316 e. The van der Waals surface area contributed by atoms with Crippen LogP contribution in [0, 0.1) is 0 Å². The van der Waals surface area contributed by atoms with E-state index < -0.39 is 5.97 Å². The highest BCUT2D eigenvalue weighted by molar-refractivity contribution is 5.76. The van der Waals surface area contributed by atoms with E-state index >= 15 is 0 Å². The molecule has 0 aromatic heterocycles. The van der Waals surface area contributed by atoms with Crippen LogP contribution in [0.2, 0.25) is 0 Å². The maximum absolute atomic E-state index is 9.00. The minimum Gasteiger partial charge on any atom is -0.481 e. The predicted octanol–water partition coefficient (Wildman–Crippen LogP) is -1.74. The van der Waals surface area contributed by atoms with Gasteiger partial charge in [-0.3, -0.25) is 4.79 Å². The molecule has 0 unspecified atom stereocenters. The van der Waals surface area contributed by atoms with Crippen LogP contribution in [0.15, 0.2) is 0 Å². The van der Waals surface area contributed by atoms with Crippen molar-refractivity contribution in [3.05, 3.63) is 0 Å². The van der Waals surface area contributed by atoms with Crippen LogP contribution < -0.4 is 0 Å². The summed E-state index contributed by atoms with van der Waals surface area (Å²) in [4.78, 5) is 9.00. The number of carboxylic acid groups (broad SMARTS) is 1. The van der Waals surface area contributed by atoms with Gasteiger partial charge < -0.3 is 10.2 Å². The van der Waals surface area contributed by atoms with Crippen LogP contribution in [0.25, 0.3) is 0 Å². The molecule has 9 heavy (non-hydrogen) atoms. The van der Waals surface area contributed by atoms with Crippen LogP contribution in [0.3, 0.4) is 0 Å². The average Bonchev–Trinajstić information content (AvgIpc) is 1.33. The van der Waals surface area contributed by atoms with E-state index in [2.05, 4.69) is 0 Å². The number of aliphatic hydroxyl groups is 1. The summed E-state index contributed by atoms with van der Waals surface area (Å²) in [6.45, 7) is 3.01. The van der Waals surface area contributed by atoms with E-state index in [1.165, 1.54) is 0 Å².